The first-order chi connectivity index (χ1) is 8.24. The first kappa shape index (κ1) is 11.7. The van der Waals surface area contributed by atoms with Crippen molar-refractivity contribution in [3.8, 4) is 11.4 Å². The molecule has 0 saturated carbocycles. The summed E-state index contributed by atoms with van der Waals surface area (Å²) in [6.45, 7) is 0.661. The number of hydrogen-bond acceptors (Lipinski definition) is 3. The van der Waals surface area contributed by atoms with Crippen LogP contribution in [-0.2, 0) is 6.54 Å². The molecule has 0 aliphatic carbocycles. The number of aliphatic hydroxyl groups is 1. The normalized spacial score (nSPS) is 10.5. The van der Waals surface area contributed by atoms with Crippen molar-refractivity contribution in [2.24, 2.45) is 0 Å². The number of aromatic nitrogens is 2. The van der Waals surface area contributed by atoms with Gasteiger partial charge in [-0.3, -0.25) is 0 Å². The van der Waals surface area contributed by atoms with Crippen LogP contribution in [0.2, 0.25) is 0 Å². The number of rotatable bonds is 4. The zero-order chi connectivity index (χ0) is 12.3. The van der Waals surface area contributed by atoms with Crippen LogP contribution in [0.15, 0.2) is 36.5 Å². The van der Waals surface area contributed by atoms with Gasteiger partial charge in [-0.25, -0.2) is 4.98 Å². The maximum Gasteiger partial charge on any atom is 0.141 e. The van der Waals surface area contributed by atoms with Crippen LogP contribution >= 0.6 is 0 Å². The molecule has 0 bridgehead atoms. The van der Waals surface area contributed by atoms with Gasteiger partial charge in [0.15, 0.2) is 0 Å². The van der Waals surface area contributed by atoms with E-state index in [-0.39, 0.29) is 6.61 Å². The fourth-order valence-electron chi connectivity index (χ4n) is 1.86. The van der Waals surface area contributed by atoms with Crippen molar-refractivity contribution in [3.05, 3.63) is 36.5 Å². The summed E-state index contributed by atoms with van der Waals surface area (Å²) in [6.07, 6.45) is 1.83. The molecule has 0 amide bonds. The third-order valence-electron chi connectivity index (χ3n) is 2.65. The number of benzene rings is 1. The Balaban J connectivity index is 2.47. The van der Waals surface area contributed by atoms with Crippen molar-refractivity contribution in [1.82, 2.24) is 9.55 Å². The Labute approximate surface area is 101 Å². The summed E-state index contributed by atoms with van der Waals surface area (Å²) in [6, 6.07) is 10.0. The number of nitrogens with zero attached hydrogens (tertiary/aromatic N) is 3. The highest BCUT2D eigenvalue weighted by atomic mass is 16.3. The van der Waals surface area contributed by atoms with E-state index in [9.17, 15) is 0 Å². The Morgan fingerprint density at radius 3 is 2.53 bits per heavy atom. The average molecular weight is 231 g/mol. The number of anilines is 1. The van der Waals surface area contributed by atoms with Crippen LogP contribution in [0.25, 0.3) is 11.4 Å². The van der Waals surface area contributed by atoms with Gasteiger partial charge in [-0.2, -0.15) is 0 Å². The van der Waals surface area contributed by atoms with Crippen molar-refractivity contribution in [3.63, 3.8) is 0 Å². The van der Waals surface area contributed by atoms with E-state index in [1.165, 1.54) is 0 Å². The van der Waals surface area contributed by atoms with Gasteiger partial charge in [0.1, 0.15) is 11.6 Å². The van der Waals surface area contributed by atoms with E-state index in [1.54, 1.807) is 0 Å². The summed E-state index contributed by atoms with van der Waals surface area (Å²) in [5.41, 5.74) is 1.06. The van der Waals surface area contributed by atoms with Gasteiger partial charge in [0, 0.05) is 26.2 Å². The second kappa shape index (κ2) is 5.01. The van der Waals surface area contributed by atoms with Crippen molar-refractivity contribution < 1.29 is 5.11 Å². The molecule has 0 spiro atoms. The lowest BCUT2D eigenvalue weighted by molar-refractivity contribution is 0.277. The van der Waals surface area contributed by atoms with Gasteiger partial charge in [-0.1, -0.05) is 30.3 Å². The van der Waals surface area contributed by atoms with Crippen LogP contribution < -0.4 is 4.90 Å². The smallest absolute Gasteiger partial charge is 0.141 e. The third kappa shape index (κ3) is 2.31. The minimum atomic E-state index is 0.108. The fourth-order valence-corrected chi connectivity index (χ4v) is 1.86. The lowest BCUT2D eigenvalue weighted by Crippen LogP contribution is -2.16. The van der Waals surface area contributed by atoms with Crippen LogP contribution in [-0.4, -0.2) is 35.4 Å². The van der Waals surface area contributed by atoms with Crippen molar-refractivity contribution in [2.75, 3.05) is 25.6 Å². The molecule has 1 N–H and O–H groups in total. The van der Waals surface area contributed by atoms with Crippen LogP contribution in [0, 0.1) is 0 Å². The SMILES string of the molecule is CN(C)c1cnc(-c2ccccc2)n1CCO. The quantitative estimate of drug-likeness (QED) is 0.869. The molecular weight excluding hydrogens is 214 g/mol. The van der Waals surface area contributed by atoms with Crippen molar-refractivity contribution in [2.45, 2.75) is 6.54 Å². The summed E-state index contributed by atoms with van der Waals surface area (Å²) < 4.78 is 2.02. The van der Waals surface area contributed by atoms with Crippen molar-refractivity contribution >= 4 is 5.82 Å². The molecule has 1 aromatic carbocycles. The van der Waals surface area contributed by atoms with Gasteiger partial charge in [0.25, 0.3) is 0 Å². The molecule has 0 saturated heterocycles. The molecule has 4 nitrogen and oxygen atoms in total. The number of hydrogen-bond donors (Lipinski definition) is 1. The lowest BCUT2D eigenvalue weighted by Gasteiger charge is -2.16. The molecule has 0 unspecified atom stereocenters. The molecule has 90 valence electrons. The third-order valence-corrected chi connectivity index (χ3v) is 2.65. The van der Waals surface area contributed by atoms with Crippen LogP contribution in [0.1, 0.15) is 0 Å². The van der Waals surface area contributed by atoms with E-state index in [1.807, 2.05) is 60.1 Å². The Hall–Kier alpha value is -1.81. The van der Waals surface area contributed by atoms with E-state index >= 15 is 0 Å². The fraction of sp³-hybridized carbons (Fsp3) is 0.308. The van der Waals surface area contributed by atoms with Gasteiger partial charge < -0.3 is 14.6 Å². The maximum absolute atomic E-state index is 9.15. The second-order valence-electron chi connectivity index (χ2n) is 4.08. The summed E-state index contributed by atoms with van der Waals surface area (Å²) in [7, 11) is 3.94. The molecule has 2 aromatic rings. The first-order valence-electron chi connectivity index (χ1n) is 5.63. The highest BCUT2D eigenvalue weighted by Gasteiger charge is 2.12. The molecule has 0 fully saturated rings. The monoisotopic (exact) mass is 231 g/mol. The first-order valence-corrected chi connectivity index (χ1v) is 5.63. The van der Waals surface area contributed by atoms with Gasteiger partial charge in [0.05, 0.1) is 12.8 Å². The molecule has 0 atom stereocenters. The second-order valence-corrected chi connectivity index (χ2v) is 4.08. The van der Waals surface area contributed by atoms with Crippen LogP contribution in [0.3, 0.4) is 0 Å². The van der Waals surface area contributed by atoms with E-state index in [0.717, 1.165) is 17.2 Å². The van der Waals surface area contributed by atoms with E-state index < -0.39 is 0 Å². The molecule has 0 aliphatic heterocycles. The molecule has 1 aromatic heterocycles. The van der Waals surface area contributed by atoms with Gasteiger partial charge in [-0.15, -0.1) is 0 Å². The zero-order valence-electron chi connectivity index (χ0n) is 10.2. The minimum Gasteiger partial charge on any atom is -0.395 e. The van der Waals surface area contributed by atoms with Crippen molar-refractivity contribution in [1.29, 1.82) is 0 Å². The van der Waals surface area contributed by atoms with E-state index in [0.29, 0.717) is 6.54 Å². The Kier molecular flexibility index (Phi) is 3.44. The predicted molar refractivity (Wildman–Crippen MR) is 69.1 cm³/mol. The molecular formula is C13H17N3O. The summed E-state index contributed by atoms with van der Waals surface area (Å²) in [5, 5.41) is 9.15. The topological polar surface area (TPSA) is 41.3 Å². The molecule has 2 rings (SSSR count). The zero-order valence-corrected chi connectivity index (χ0v) is 10.2. The van der Waals surface area contributed by atoms with Gasteiger partial charge >= 0.3 is 0 Å². The van der Waals surface area contributed by atoms with Gasteiger partial charge in [-0.05, 0) is 0 Å². The standard InChI is InChI=1S/C13H17N3O/c1-15(2)12-10-14-13(16(12)8-9-17)11-6-4-3-5-7-11/h3-7,10,17H,8-9H2,1-2H3. The molecule has 0 radical (unpaired) electrons. The average Bonchev–Trinajstić information content (AvgIpc) is 2.75. The molecule has 0 aliphatic rings. The predicted octanol–water partition coefficient (Wildman–Crippen LogP) is 1.61. The molecule has 17 heavy (non-hydrogen) atoms. The van der Waals surface area contributed by atoms with Gasteiger partial charge in [0.2, 0.25) is 0 Å². The van der Waals surface area contributed by atoms with Crippen LogP contribution in [0.4, 0.5) is 5.82 Å². The van der Waals surface area contributed by atoms with E-state index in [2.05, 4.69) is 4.98 Å². The summed E-state index contributed by atoms with van der Waals surface area (Å²) in [5.74, 6) is 1.89. The Morgan fingerprint density at radius 1 is 1.24 bits per heavy atom. The molecule has 4 heteroatoms. The Morgan fingerprint density at radius 2 is 1.94 bits per heavy atom. The largest absolute Gasteiger partial charge is 0.395 e. The lowest BCUT2D eigenvalue weighted by atomic mass is 10.2. The minimum absolute atomic E-state index is 0.108. The highest BCUT2D eigenvalue weighted by Crippen LogP contribution is 2.23. The summed E-state index contributed by atoms with van der Waals surface area (Å²) in [4.78, 5) is 6.43. The number of aliphatic hydroxyl groups excluding tert-OH is 1. The van der Waals surface area contributed by atoms with Crippen LogP contribution in [0.5, 0.6) is 0 Å². The summed E-state index contributed by atoms with van der Waals surface area (Å²) >= 11 is 0. The molecule has 1 heterocycles. The Bertz CT molecular complexity index is 477. The maximum atomic E-state index is 9.15. The number of imidazole rings is 1. The van der Waals surface area contributed by atoms with E-state index in [4.69, 9.17) is 5.11 Å². The highest BCUT2D eigenvalue weighted by molar-refractivity contribution is 5.59.